The second-order valence-corrected chi connectivity index (χ2v) is 10.5. The number of alkyl halides is 5. The minimum Gasteiger partial charge on any atom is -0.483 e. The first-order chi connectivity index (χ1) is 22.4. The molecule has 0 saturated carbocycles. The molecule has 1 saturated heterocycles. The van der Waals surface area contributed by atoms with E-state index in [2.05, 4.69) is 25.7 Å². The van der Waals surface area contributed by atoms with Crippen molar-refractivity contribution in [3.05, 3.63) is 59.8 Å². The highest BCUT2D eigenvalue weighted by atomic mass is 19.4. The molecule has 47 heavy (non-hydrogen) atoms. The number of carboxylic acid groups (broad SMARTS) is 1. The Balaban J connectivity index is 0.00000160. The van der Waals surface area contributed by atoms with Crippen LogP contribution in [0.3, 0.4) is 0 Å². The molecule has 1 atom stereocenters. The summed E-state index contributed by atoms with van der Waals surface area (Å²) in [5.74, 6) is -0.405. The second-order valence-electron chi connectivity index (χ2n) is 10.5. The van der Waals surface area contributed by atoms with E-state index in [4.69, 9.17) is 15.6 Å². The van der Waals surface area contributed by atoms with Crippen LogP contribution in [0.25, 0.3) is 16.9 Å². The molecule has 0 radical (unpaired) electrons. The van der Waals surface area contributed by atoms with Gasteiger partial charge in [-0.25, -0.2) is 18.7 Å². The minimum absolute atomic E-state index is 0.0133. The average molecular weight is 666 g/mol. The van der Waals surface area contributed by atoms with Crippen molar-refractivity contribution < 1.29 is 41.4 Å². The van der Waals surface area contributed by atoms with E-state index in [0.717, 1.165) is 19.0 Å². The van der Waals surface area contributed by atoms with Gasteiger partial charge in [0.15, 0.2) is 17.2 Å². The molecule has 0 bridgehead atoms. The summed E-state index contributed by atoms with van der Waals surface area (Å²) >= 11 is 0. The van der Waals surface area contributed by atoms with Crippen molar-refractivity contribution in [1.29, 1.82) is 0 Å². The Hall–Kier alpha value is -5.13. The van der Waals surface area contributed by atoms with Crippen LogP contribution in [0, 0.1) is 0 Å². The van der Waals surface area contributed by atoms with Gasteiger partial charge in [-0.15, -0.1) is 0 Å². The van der Waals surface area contributed by atoms with Crippen LogP contribution >= 0.6 is 0 Å². The number of aryl methyl sites for hydroxylation is 1. The van der Waals surface area contributed by atoms with Gasteiger partial charge in [-0.3, -0.25) is 23.5 Å². The number of halogens is 5. The molecule has 3 aromatic heterocycles. The van der Waals surface area contributed by atoms with Gasteiger partial charge >= 0.3 is 6.18 Å². The zero-order valence-corrected chi connectivity index (χ0v) is 25.0. The molecule has 1 unspecified atom stereocenters. The average Bonchev–Trinajstić information content (AvgIpc) is 3.64. The summed E-state index contributed by atoms with van der Waals surface area (Å²) in [6, 6.07) is 4.89. The van der Waals surface area contributed by atoms with E-state index in [1.54, 1.807) is 23.1 Å². The Morgan fingerprint density at radius 1 is 1.23 bits per heavy atom. The van der Waals surface area contributed by atoms with Gasteiger partial charge in [0, 0.05) is 49.0 Å². The third kappa shape index (κ3) is 8.37. The third-order valence-corrected chi connectivity index (χ3v) is 7.26. The van der Waals surface area contributed by atoms with Gasteiger partial charge in [-0.2, -0.15) is 18.3 Å². The van der Waals surface area contributed by atoms with Crippen LogP contribution in [-0.2, 0) is 28.7 Å². The molecule has 13 nitrogen and oxygen atoms in total. The highest BCUT2D eigenvalue weighted by Gasteiger charge is 2.38. The number of nitrogens with zero attached hydrogens (tertiary/aromatic N) is 6. The van der Waals surface area contributed by atoms with E-state index < -0.39 is 36.3 Å². The van der Waals surface area contributed by atoms with Crippen molar-refractivity contribution in [2.24, 2.45) is 5.73 Å². The third-order valence-electron chi connectivity index (χ3n) is 7.26. The lowest BCUT2D eigenvalue weighted by molar-refractivity contribution is -0.141. The Labute approximate surface area is 264 Å². The predicted molar refractivity (Wildman–Crippen MR) is 159 cm³/mol. The molecule has 4 aromatic rings. The largest absolute Gasteiger partial charge is 0.483 e. The summed E-state index contributed by atoms with van der Waals surface area (Å²) < 4.78 is 68.9. The predicted octanol–water partition coefficient (Wildman–Crippen LogP) is 3.56. The number of benzene rings is 1. The number of nitrogens with two attached hydrogens (primary N) is 1. The minimum atomic E-state index is -4.89. The van der Waals surface area contributed by atoms with E-state index in [1.807, 2.05) is 6.92 Å². The number of rotatable bonds is 9. The highest BCUT2D eigenvalue weighted by Crippen LogP contribution is 2.37. The number of hydrogen-bond donors (Lipinski definition) is 4. The Morgan fingerprint density at radius 2 is 1.98 bits per heavy atom. The molecule has 252 valence electrons. The number of hydrogen-bond acceptors (Lipinski definition) is 8. The summed E-state index contributed by atoms with van der Waals surface area (Å²) in [4.78, 5) is 44.0. The fourth-order valence-electron chi connectivity index (χ4n) is 5.18. The van der Waals surface area contributed by atoms with Crippen LogP contribution in [-0.4, -0.2) is 84.5 Å². The zero-order chi connectivity index (χ0) is 34.3. The van der Waals surface area contributed by atoms with E-state index in [9.17, 15) is 31.5 Å². The fourth-order valence-corrected chi connectivity index (χ4v) is 5.18. The van der Waals surface area contributed by atoms with Gasteiger partial charge in [0.1, 0.15) is 6.54 Å². The smallest absolute Gasteiger partial charge is 0.435 e. The van der Waals surface area contributed by atoms with Crippen LogP contribution < -0.4 is 16.4 Å². The van der Waals surface area contributed by atoms with E-state index >= 15 is 0 Å². The first-order valence-electron chi connectivity index (χ1n) is 14.4. The van der Waals surface area contributed by atoms with Gasteiger partial charge in [0.25, 0.3) is 18.8 Å². The van der Waals surface area contributed by atoms with Gasteiger partial charge in [0.05, 0.1) is 24.0 Å². The zero-order valence-electron chi connectivity index (χ0n) is 25.0. The lowest BCUT2D eigenvalue weighted by atomic mass is 10.0. The van der Waals surface area contributed by atoms with Crippen LogP contribution in [0.1, 0.15) is 41.4 Å². The number of anilines is 2. The lowest BCUT2D eigenvalue weighted by Crippen LogP contribution is -2.49. The Bertz CT molecular complexity index is 1720. The second kappa shape index (κ2) is 15.0. The van der Waals surface area contributed by atoms with E-state index in [-0.39, 0.29) is 42.1 Å². The summed E-state index contributed by atoms with van der Waals surface area (Å²) in [5, 5.41) is 16.0. The lowest BCUT2D eigenvalue weighted by Gasteiger charge is -2.30. The number of piperidine rings is 1. The molecule has 18 heteroatoms. The van der Waals surface area contributed by atoms with Crippen LogP contribution in [0.2, 0.25) is 0 Å². The highest BCUT2D eigenvalue weighted by molar-refractivity contribution is 5.98. The number of aromatic nitrogens is 5. The summed E-state index contributed by atoms with van der Waals surface area (Å²) in [5.41, 5.74) is 5.98. The van der Waals surface area contributed by atoms with Crippen molar-refractivity contribution in [1.82, 2.24) is 34.4 Å². The molecule has 2 amide bonds. The molecule has 1 fully saturated rings. The molecule has 0 aliphatic carbocycles. The molecular weight excluding hydrogens is 633 g/mol. The Kier molecular flexibility index (Phi) is 11.1. The maximum atomic E-state index is 13.7. The summed E-state index contributed by atoms with van der Waals surface area (Å²) in [6.07, 6.45) is -0.763. The number of imidazole rings is 1. The molecule has 4 heterocycles. The summed E-state index contributed by atoms with van der Waals surface area (Å²) in [6.45, 7) is 1.53. The quantitative estimate of drug-likeness (QED) is 0.154. The fraction of sp³-hybridized carbons (Fsp3) is 0.379. The van der Waals surface area contributed by atoms with Crippen molar-refractivity contribution in [2.75, 3.05) is 25.0 Å². The van der Waals surface area contributed by atoms with Crippen molar-refractivity contribution in [3.8, 4) is 11.3 Å². The number of carbonyl (C=O) groups excluding carboxylic acids is 2. The topological polar surface area (TPSA) is 173 Å². The van der Waals surface area contributed by atoms with Crippen molar-refractivity contribution in [3.63, 3.8) is 0 Å². The van der Waals surface area contributed by atoms with Crippen LogP contribution in [0.5, 0.6) is 0 Å². The van der Waals surface area contributed by atoms with Gasteiger partial charge in [0.2, 0.25) is 5.91 Å². The van der Waals surface area contributed by atoms with Crippen molar-refractivity contribution in [2.45, 2.75) is 51.4 Å². The van der Waals surface area contributed by atoms with Gasteiger partial charge < -0.3 is 26.4 Å². The molecule has 1 aliphatic rings. The van der Waals surface area contributed by atoms with Crippen LogP contribution in [0.4, 0.5) is 33.5 Å². The van der Waals surface area contributed by atoms with Crippen molar-refractivity contribution >= 4 is 35.4 Å². The standard InChI is InChI=1S/C28H30F5N9O2.CH2O2/c1-2-16-10-18(5-6-19(16)27(44)37-12-23(43)40-8-3-4-17(34)13-40)38-25-26-36-11-21(42(26)9-7-35-25)20-14-41(15-22(29)30)39-24(20)28(31,32)33;2-1-3/h5-7,9-11,14,17,22H,2-4,8,12-13,15,34H2,1H3,(H,35,38)(H,37,44);1H,(H,2,3). The van der Waals surface area contributed by atoms with Crippen LogP contribution in [0.15, 0.2) is 43.0 Å². The molecule has 1 aliphatic heterocycles. The number of amides is 2. The summed E-state index contributed by atoms with van der Waals surface area (Å²) in [7, 11) is 0. The molecular formula is C29H32F5N9O4. The number of carbonyl (C=O) groups is 3. The first kappa shape index (κ1) is 34.7. The first-order valence-corrected chi connectivity index (χ1v) is 14.4. The monoisotopic (exact) mass is 665 g/mol. The number of likely N-dealkylation sites (tertiary alicyclic amines) is 1. The Morgan fingerprint density at radius 3 is 2.64 bits per heavy atom. The molecule has 5 rings (SSSR count). The molecule has 0 spiro atoms. The van der Waals surface area contributed by atoms with E-state index in [1.165, 1.54) is 23.0 Å². The van der Waals surface area contributed by atoms with Gasteiger partial charge in [-0.1, -0.05) is 6.92 Å². The maximum absolute atomic E-state index is 13.7. The number of fused-ring (bicyclic) bond motifs is 1. The van der Waals surface area contributed by atoms with E-state index in [0.29, 0.717) is 41.0 Å². The molecule has 1 aromatic carbocycles. The normalized spacial score (nSPS) is 14.9. The maximum Gasteiger partial charge on any atom is 0.435 e. The van der Waals surface area contributed by atoms with Gasteiger partial charge in [-0.05, 0) is 43.0 Å². The molecule has 5 N–H and O–H groups in total. The number of nitrogens with one attached hydrogen (secondary N) is 2. The SMILES string of the molecule is CCc1cc(Nc2nccn3c(-c4cn(CC(F)F)nc4C(F)(F)F)cnc23)ccc1C(=O)NCC(=O)N1CCCC(N)C1.O=CO.